The number of primary amides is 1. The lowest BCUT2D eigenvalue weighted by Crippen LogP contribution is -2.58. The summed E-state index contributed by atoms with van der Waals surface area (Å²) in [5.41, 5.74) is 5.45. The van der Waals surface area contributed by atoms with Gasteiger partial charge in [0.1, 0.15) is 5.54 Å². The Morgan fingerprint density at radius 3 is 2.28 bits per heavy atom. The molecule has 0 aromatic heterocycles. The molecule has 1 saturated heterocycles. The van der Waals surface area contributed by atoms with Crippen LogP contribution < -0.4 is 11.1 Å². The molecule has 4 nitrogen and oxygen atoms in total. The van der Waals surface area contributed by atoms with Gasteiger partial charge in [-0.2, -0.15) is 0 Å². The molecule has 0 spiro atoms. The summed E-state index contributed by atoms with van der Waals surface area (Å²) in [5, 5.41) is 3.41. The molecule has 2 aliphatic rings. The van der Waals surface area contributed by atoms with Gasteiger partial charge in [0.15, 0.2) is 0 Å². The Balaban J connectivity index is 2.14. The minimum atomic E-state index is -0.355. The van der Waals surface area contributed by atoms with Gasteiger partial charge >= 0.3 is 0 Å². The molecular weight excluding hydrogens is 226 g/mol. The number of rotatable bonds is 2. The molecule has 2 fully saturated rings. The van der Waals surface area contributed by atoms with E-state index < -0.39 is 0 Å². The summed E-state index contributed by atoms with van der Waals surface area (Å²) in [6.45, 7) is 4.01. The van der Waals surface area contributed by atoms with Gasteiger partial charge < -0.3 is 11.1 Å². The zero-order valence-corrected chi connectivity index (χ0v) is 11.4. The van der Waals surface area contributed by atoms with Crippen molar-refractivity contribution in [3.63, 3.8) is 0 Å². The predicted molar refractivity (Wildman–Crippen MR) is 73.3 cm³/mol. The maximum Gasteiger partial charge on any atom is 0.237 e. The third kappa shape index (κ3) is 3.04. The zero-order valence-electron chi connectivity index (χ0n) is 11.4. The Kier molecular flexibility index (Phi) is 5.01. The van der Waals surface area contributed by atoms with Crippen LogP contribution in [0.25, 0.3) is 0 Å². The summed E-state index contributed by atoms with van der Waals surface area (Å²) in [6.07, 6.45) is 9.15. The normalized spacial score (nSPS) is 26.9. The highest BCUT2D eigenvalue weighted by molar-refractivity contribution is 5.84. The van der Waals surface area contributed by atoms with Crippen LogP contribution in [0.4, 0.5) is 0 Å². The third-order valence-corrected chi connectivity index (χ3v) is 4.58. The largest absolute Gasteiger partial charge is 0.368 e. The molecule has 1 aliphatic carbocycles. The monoisotopic (exact) mass is 253 g/mol. The van der Waals surface area contributed by atoms with E-state index in [-0.39, 0.29) is 11.4 Å². The molecule has 0 unspecified atom stereocenters. The van der Waals surface area contributed by atoms with Gasteiger partial charge in [-0.05, 0) is 25.8 Å². The summed E-state index contributed by atoms with van der Waals surface area (Å²) in [5.74, 6) is -0.0914. The van der Waals surface area contributed by atoms with Crippen molar-refractivity contribution in [2.24, 2.45) is 5.73 Å². The first-order valence-corrected chi connectivity index (χ1v) is 7.51. The van der Waals surface area contributed by atoms with Crippen molar-refractivity contribution in [1.29, 1.82) is 0 Å². The summed E-state index contributed by atoms with van der Waals surface area (Å²) in [6, 6.07) is 0. The highest BCUT2D eigenvalue weighted by atomic mass is 16.1. The van der Waals surface area contributed by atoms with Gasteiger partial charge in [0.2, 0.25) is 5.91 Å². The molecule has 0 aromatic rings. The Hall–Kier alpha value is -0.610. The van der Waals surface area contributed by atoms with E-state index in [1.807, 2.05) is 0 Å². The maximum absolute atomic E-state index is 12.1. The highest BCUT2D eigenvalue weighted by Gasteiger charge is 2.41. The van der Waals surface area contributed by atoms with Crippen LogP contribution in [0.1, 0.15) is 51.4 Å². The molecule has 0 aromatic carbocycles. The molecule has 1 amide bonds. The Labute approximate surface area is 110 Å². The summed E-state index contributed by atoms with van der Waals surface area (Å²) in [4.78, 5) is 14.5. The van der Waals surface area contributed by atoms with Crippen molar-refractivity contribution < 1.29 is 4.79 Å². The van der Waals surface area contributed by atoms with Crippen molar-refractivity contribution in [3.8, 4) is 0 Å². The van der Waals surface area contributed by atoms with E-state index >= 15 is 0 Å². The smallest absolute Gasteiger partial charge is 0.237 e. The van der Waals surface area contributed by atoms with E-state index in [1.54, 1.807) is 0 Å². The summed E-state index contributed by atoms with van der Waals surface area (Å²) >= 11 is 0. The van der Waals surface area contributed by atoms with E-state index in [1.165, 1.54) is 19.3 Å². The molecule has 1 saturated carbocycles. The first-order chi connectivity index (χ1) is 8.76. The molecule has 4 heteroatoms. The second kappa shape index (κ2) is 6.53. The lowest BCUT2D eigenvalue weighted by atomic mass is 9.81. The topological polar surface area (TPSA) is 58.4 Å². The SMILES string of the molecule is NC(=O)C1(N2CCCNCC2)CCCCCCC1. The summed E-state index contributed by atoms with van der Waals surface area (Å²) in [7, 11) is 0. The van der Waals surface area contributed by atoms with Crippen molar-refractivity contribution in [2.45, 2.75) is 56.9 Å². The molecule has 2 rings (SSSR count). The number of carbonyl (C=O) groups excluding carboxylic acids is 1. The van der Waals surface area contributed by atoms with E-state index in [0.29, 0.717) is 0 Å². The fourth-order valence-electron chi connectivity index (χ4n) is 3.48. The van der Waals surface area contributed by atoms with Gasteiger partial charge in [0.25, 0.3) is 0 Å². The molecule has 18 heavy (non-hydrogen) atoms. The molecule has 1 heterocycles. The number of nitrogens with one attached hydrogen (secondary N) is 1. The summed E-state index contributed by atoms with van der Waals surface area (Å²) < 4.78 is 0. The number of nitrogens with zero attached hydrogens (tertiary/aromatic N) is 1. The molecule has 1 aliphatic heterocycles. The average molecular weight is 253 g/mol. The van der Waals surface area contributed by atoms with E-state index in [2.05, 4.69) is 10.2 Å². The fraction of sp³-hybridized carbons (Fsp3) is 0.929. The minimum absolute atomic E-state index is 0.0914. The van der Waals surface area contributed by atoms with Crippen LogP contribution in [-0.2, 0) is 4.79 Å². The average Bonchev–Trinajstić information content (AvgIpc) is 2.57. The predicted octanol–water partition coefficient (Wildman–Crippen LogP) is 1.25. The van der Waals surface area contributed by atoms with Crippen LogP contribution in [0.5, 0.6) is 0 Å². The number of carbonyl (C=O) groups is 1. The van der Waals surface area contributed by atoms with Crippen LogP contribution in [0.2, 0.25) is 0 Å². The van der Waals surface area contributed by atoms with E-state index in [0.717, 1.165) is 58.3 Å². The second-order valence-electron chi connectivity index (χ2n) is 5.75. The number of nitrogens with two attached hydrogens (primary N) is 1. The van der Waals surface area contributed by atoms with Gasteiger partial charge in [-0.15, -0.1) is 0 Å². The van der Waals surface area contributed by atoms with Gasteiger partial charge in [-0.1, -0.05) is 32.1 Å². The van der Waals surface area contributed by atoms with Crippen LogP contribution in [-0.4, -0.2) is 42.5 Å². The molecule has 0 atom stereocenters. The van der Waals surface area contributed by atoms with E-state index in [9.17, 15) is 4.79 Å². The van der Waals surface area contributed by atoms with Gasteiger partial charge in [-0.25, -0.2) is 0 Å². The molecular formula is C14H27N3O. The van der Waals surface area contributed by atoms with Crippen LogP contribution in [0.3, 0.4) is 0 Å². The van der Waals surface area contributed by atoms with Crippen LogP contribution in [0, 0.1) is 0 Å². The molecule has 0 radical (unpaired) electrons. The third-order valence-electron chi connectivity index (χ3n) is 4.58. The lowest BCUT2D eigenvalue weighted by molar-refractivity contribution is -0.132. The first kappa shape index (κ1) is 13.8. The Morgan fingerprint density at radius 2 is 1.61 bits per heavy atom. The standard InChI is InChI=1S/C14H27N3O/c15-13(18)14(7-4-2-1-3-5-8-14)17-11-6-9-16-10-12-17/h16H,1-12H2,(H2,15,18). The number of amides is 1. The van der Waals surface area contributed by atoms with Crippen molar-refractivity contribution in [3.05, 3.63) is 0 Å². The number of hydrogen-bond donors (Lipinski definition) is 2. The Bertz CT molecular complexity index is 264. The maximum atomic E-state index is 12.1. The second-order valence-corrected chi connectivity index (χ2v) is 5.75. The molecule has 0 bridgehead atoms. The zero-order chi connectivity index (χ0) is 12.8. The van der Waals surface area contributed by atoms with Gasteiger partial charge in [0.05, 0.1) is 0 Å². The molecule has 104 valence electrons. The quantitative estimate of drug-likeness (QED) is 0.778. The first-order valence-electron chi connectivity index (χ1n) is 7.51. The van der Waals surface area contributed by atoms with Crippen molar-refractivity contribution >= 4 is 5.91 Å². The fourth-order valence-corrected chi connectivity index (χ4v) is 3.48. The van der Waals surface area contributed by atoms with Gasteiger partial charge in [-0.3, -0.25) is 9.69 Å². The van der Waals surface area contributed by atoms with Crippen molar-refractivity contribution in [1.82, 2.24) is 10.2 Å². The lowest BCUT2D eigenvalue weighted by Gasteiger charge is -2.42. The van der Waals surface area contributed by atoms with Crippen molar-refractivity contribution in [2.75, 3.05) is 26.2 Å². The van der Waals surface area contributed by atoms with Crippen LogP contribution >= 0.6 is 0 Å². The Morgan fingerprint density at radius 1 is 0.944 bits per heavy atom. The highest BCUT2D eigenvalue weighted by Crippen LogP contribution is 2.32. The number of hydrogen-bond acceptors (Lipinski definition) is 3. The molecule has 3 N–H and O–H groups in total. The minimum Gasteiger partial charge on any atom is -0.368 e. The van der Waals surface area contributed by atoms with E-state index in [4.69, 9.17) is 5.73 Å². The van der Waals surface area contributed by atoms with Crippen LogP contribution in [0.15, 0.2) is 0 Å². The van der Waals surface area contributed by atoms with Gasteiger partial charge in [0, 0.05) is 19.6 Å².